The van der Waals surface area contributed by atoms with Crippen LogP contribution in [0.15, 0.2) is 30.9 Å². The first-order chi connectivity index (χ1) is 8.76. The predicted molar refractivity (Wildman–Crippen MR) is 75.4 cm³/mol. The number of benzene rings is 1. The zero-order chi connectivity index (χ0) is 13.0. The van der Waals surface area contributed by atoms with Crippen LogP contribution in [0.5, 0.6) is 5.75 Å². The summed E-state index contributed by atoms with van der Waals surface area (Å²) in [7, 11) is 1.64. The van der Waals surface area contributed by atoms with Crippen molar-refractivity contribution in [1.82, 2.24) is 10.2 Å². The number of nitrogens with zero attached hydrogens (tertiary/aromatic N) is 1. The Hall–Kier alpha value is -1.03. The second kappa shape index (κ2) is 6.23. The number of methoxy groups -OCH3 is 1. The summed E-state index contributed by atoms with van der Waals surface area (Å²) < 4.78 is 5.27. The summed E-state index contributed by atoms with van der Waals surface area (Å²) in [5.41, 5.74) is 1.17. The molecule has 1 saturated heterocycles. The molecule has 4 heteroatoms. The summed E-state index contributed by atoms with van der Waals surface area (Å²) in [4.78, 5) is 2.41. The SMILES string of the molecule is C=C[C@@H](c1ccc(Cl)c(OC)c1)N1CCNCC1. The van der Waals surface area contributed by atoms with Crippen molar-refractivity contribution in [3.05, 3.63) is 41.4 Å². The van der Waals surface area contributed by atoms with E-state index < -0.39 is 0 Å². The topological polar surface area (TPSA) is 24.5 Å². The van der Waals surface area contributed by atoms with Crippen LogP contribution in [0.4, 0.5) is 0 Å². The van der Waals surface area contributed by atoms with E-state index in [2.05, 4.69) is 16.8 Å². The molecule has 1 N–H and O–H groups in total. The number of piperazine rings is 1. The van der Waals surface area contributed by atoms with E-state index in [0.717, 1.165) is 31.9 Å². The fourth-order valence-electron chi connectivity index (χ4n) is 2.32. The Balaban J connectivity index is 2.23. The fourth-order valence-corrected chi connectivity index (χ4v) is 2.51. The molecular weight excluding hydrogens is 248 g/mol. The van der Waals surface area contributed by atoms with E-state index in [-0.39, 0.29) is 6.04 Å². The number of ether oxygens (including phenoxy) is 1. The molecule has 3 nitrogen and oxygen atoms in total. The van der Waals surface area contributed by atoms with Crippen LogP contribution in [-0.2, 0) is 0 Å². The molecule has 1 aromatic carbocycles. The van der Waals surface area contributed by atoms with Gasteiger partial charge in [-0.2, -0.15) is 0 Å². The lowest BCUT2D eigenvalue weighted by atomic mass is 10.0. The van der Waals surface area contributed by atoms with Crippen molar-refractivity contribution in [2.45, 2.75) is 6.04 Å². The summed E-state index contributed by atoms with van der Waals surface area (Å²) >= 11 is 6.06. The van der Waals surface area contributed by atoms with Crippen molar-refractivity contribution in [3.8, 4) is 5.75 Å². The average molecular weight is 267 g/mol. The van der Waals surface area contributed by atoms with Crippen LogP contribution in [-0.4, -0.2) is 38.2 Å². The number of halogens is 1. The van der Waals surface area contributed by atoms with Gasteiger partial charge in [-0.15, -0.1) is 6.58 Å². The monoisotopic (exact) mass is 266 g/mol. The standard InChI is InChI=1S/C14H19ClN2O/c1-3-13(17-8-6-16-7-9-17)11-4-5-12(15)14(10-11)18-2/h3-5,10,13,16H,1,6-9H2,2H3/t13-/m0/s1. The minimum atomic E-state index is 0.221. The van der Waals surface area contributed by atoms with Crippen LogP contribution >= 0.6 is 11.6 Å². The van der Waals surface area contributed by atoms with E-state index in [4.69, 9.17) is 16.3 Å². The smallest absolute Gasteiger partial charge is 0.137 e. The molecule has 0 radical (unpaired) electrons. The van der Waals surface area contributed by atoms with Crippen molar-refractivity contribution >= 4 is 11.6 Å². The van der Waals surface area contributed by atoms with Crippen LogP contribution in [0.1, 0.15) is 11.6 Å². The highest BCUT2D eigenvalue weighted by Crippen LogP contribution is 2.30. The van der Waals surface area contributed by atoms with Gasteiger partial charge in [-0.1, -0.05) is 23.7 Å². The molecule has 1 fully saturated rings. The largest absolute Gasteiger partial charge is 0.495 e. The highest BCUT2D eigenvalue weighted by molar-refractivity contribution is 6.32. The quantitative estimate of drug-likeness (QED) is 0.848. The number of nitrogens with one attached hydrogen (secondary N) is 1. The van der Waals surface area contributed by atoms with E-state index in [1.54, 1.807) is 7.11 Å². The van der Waals surface area contributed by atoms with Crippen LogP contribution in [0.3, 0.4) is 0 Å². The maximum absolute atomic E-state index is 6.06. The van der Waals surface area contributed by atoms with Crippen molar-refractivity contribution in [3.63, 3.8) is 0 Å². The first kappa shape index (κ1) is 13.4. The van der Waals surface area contributed by atoms with E-state index in [9.17, 15) is 0 Å². The molecule has 1 aliphatic rings. The van der Waals surface area contributed by atoms with Crippen molar-refractivity contribution in [2.75, 3.05) is 33.3 Å². The Morgan fingerprint density at radius 3 is 2.78 bits per heavy atom. The third-order valence-electron chi connectivity index (χ3n) is 3.28. The Morgan fingerprint density at radius 1 is 1.44 bits per heavy atom. The summed E-state index contributed by atoms with van der Waals surface area (Å²) in [6.45, 7) is 8.06. The van der Waals surface area contributed by atoms with Crippen LogP contribution in [0, 0.1) is 0 Å². The van der Waals surface area contributed by atoms with Gasteiger partial charge in [0.25, 0.3) is 0 Å². The zero-order valence-corrected chi connectivity index (χ0v) is 11.4. The lowest BCUT2D eigenvalue weighted by Gasteiger charge is -2.33. The average Bonchev–Trinajstić information content (AvgIpc) is 2.42. The Morgan fingerprint density at radius 2 is 2.17 bits per heavy atom. The van der Waals surface area contributed by atoms with Gasteiger partial charge in [0.05, 0.1) is 18.2 Å². The lowest BCUT2D eigenvalue weighted by Crippen LogP contribution is -2.44. The third-order valence-corrected chi connectivity index (χ3v) is 3.60. The molecule has 1 atom stereocenters. The molecular formula is C14H19ClN2O. The van der Waals surface area contributed by atoms with Crippen molar-refractivity contribution in [2.24, 2.45) is 0 Å². The van der Waals surface area contributed by atoms with E-state index in [1.807, 2.05) is 24.3 Å². The molecule has 0 saturated carbocycles. The first-order valence-corrected chi connectivity index (χ1v) is 6.55. The maximum atomic E-state index is 6.06. The van der Waals surface area contributed by atoms with Gasteiger partial charge in [0.15, 0.2) is 0 Å². The van der Waals surface area contributed by atoms with E-state index >= 15 is 0 Å². The minimum absolute atomic E-state index is 0.221. The minimum Gasteiger partial charge on any atom is -0.495 e. The van der Waals surface area contributed by atoms with Gasteiger partial charge in [0, 0.05) is 26.2 Å². The van der Waals surface area contributed by atoms with Crippen LogP contribution in [0.25, 0.3) is 0 Å². The van der Waals surface area contributed by atoms with Gasteiger partial charge < -0.3 is 10.1 Å². The molecule has 1 aromatic rings. The van der Waals surface area contributed by atoms with Crippen LogP contribution < -0.4 is 10.1 Å². The molecule has 0 amide bonds. The molecule has 0 bridgehead atoms. The number of hydrogen-bond donors (Lipinski definition) is 1. The van der Waals surface area contributed by atoms with Gasteiger partial charge in [0.1, 0.15) is 5.75 Å². The highest BCUT2D eigenvalue weighted by Gasteiger charge is 2.20. The van der Waals surface area contributed by atoms with E-state index in [0.29, 0.717) is 5.02 Å². The molecule has 1 aliphatic heterocycles. The molecule has 0 unspecified atom stereocenters. The van der Waals surface area contributed by atoms with Gasteiger partial charge in [-0.25, -0.2) is 0 Å². The lowest BCUT2D eigenvalue weighted by molar-refractivity contribution is 0.203. The highest BCUT2D eigenvalue weighted by atomic mass is 35.5. The number of rotatable bonds is 4. The maximum Gasteiger partial charge on any atom is 0.137 e. The Bertz CT molecular complexity index is 416. The second-order valence-electron chi connectivity index (χ2n) is 4.36. The van der Waals surface area contributed by atoms with Crippen LogP contribution in [0.2, 0.25) is 5.02 Å². The second-order valence-corrected chi connectivity index (χ2v) is 4.77. The first-order valence-electron chi connectivity index (χ1n) is 6.17. The molecule has 0 aliphatic carbocycles. The van der Waals surface area contributed by atoms with E-state index in [1.165, 1.54) is 5.56 Å². The summed E-state index contributed by atoms with van der Waals surface area (Å²) in [5, 5.41) is 4.00. The summed E-state index contributed by atoms with van der Waals surface area (Å²) in [5.74, 6) is 0.719. The van der Waals surface area contributed by atoms with Crippen molar-refractivity contribution < 1.29 is 4.74 Å². The molecule has 0 spiro atoms. The Labute approximate surface area is 113 Å². The molecule has 2 rings (SSSR count). The normalized spacial score (nSPS) is 18.3. The zero-order valence-electron chi connectivity index (χ0n) is 10.7. The molecule has 0 aromatic heterocycles. The summed E-state index contributed by atoms with van der Waals surface area (Å²) in [6.07, 6.45) is 1.98. The molecule has 18 heavy (non-hydrogen) atoms. The molecule has 98 valence electrons. The van der Waals surface area contributed by atoms with Gasteiger partial charge in [-0.05, 0) is 17.7 Å². The molecule has 1 heterocycles. The third kappa shape index (κ3) is 2.86. The predicted octanol–water partition coefficient (Wildman–Crippen LogP) is 2.48. The van der Waals surface area contributed by atoms with Gasteiger partial charge >= 0.3 is 0 Å². The summed E-state index contributed by atoms with van der Waals surface area (Å²) in [6, 6.07) is 6.14. The fraction of sp³-hybridized carbons (Fsp3) is 0.429. The van der Waals surface area contributed by atoms with Gasteiger partial charge in [0.2, 0.25) is 0 Å². The number of hydrogen-bond acceptors (Lipinski definition) is 3. The Kier molecular flexibility index (Phi) is 4.64. The van der Waals surface area contributed by atoms with Gasteiger partial charge in [-0.3, -0.25) is 4.90 Å². The van der Waals surface area contributed by atoms with Crippen molar-refractivity contribution in [1.29, 1.82) is 0 Å².